The molecule has 0 spiro atoms. The van der Waals surface area contributed by atoms with Crippen LogP contribution in [0.1, 0.15) is 32.8 Å². The molecule has 3 nitrogen and oxygen atoms in total. The minimum absolute atomic E-state index is 0.210. The molecule has 0 fully saturated rings. The van der Waals surface area contributed by atoms with E-state index in [0.29, 0.717) is 6.54 Å². The normalized spacial score (nSPS) is 12.6. The van der Waals surface area contributed by atoms with Gasteiger partial charge in [0.15, 0.2) is 9.84 Å². The molecule has 0 radical (unpaired) electrons. The standard InChI is InChI=1S/C15H25NO2S/c1-15(2,3)19(17,18)13-12-16-11-7-10-14-8-5-4-6-9-14/h4-6,8-9,16H,7,10-13H2,1-3H3. The summed E-state index contributed by atoms with van der Waals surface area (Å²) < 4.78 is 23.1. The highest BCUT2D eigenvalue weighted by atomic mass is 32.2. The van der Waals surface area contributed by atoms with Crippen LogP contribution in [0.2, 0.25) is 0 Å². The van der Waals surface area contributed by atoms with E-state index in [1.54, 1.807) is 20.8 Å². The van der Waals surface area contributed by atoms with Gasteiger partial charge in [0, 0.05) is 6.54 Å². The molecule has 0 heterocycles. The Morgan fingerprint density at radius 3 is 2.26 bits per heavy atom. The molecule has 0 saturated carbocycles. The van der Waals surface area contributed by atoms with E-state index in [1.807, 2.05) is 18.2 Å². The van der Waals surface area contributed by atoms with Gasteiger partial charge in [0.1, 0.15) is 0 Å². The fourth-order valence-corrected chi connectivity index (χ4v) is 2.73. The Bertz CT molecular complexity index is 461. The second-order valence-electron chi connectivity index (χ2n) is 5.77. The second-order valence-corrected chi connectivity index (χ2v) is 8.63. The van der Waals surface area contributed by atoms with Crippen molar-refractivity contribution in [3.63, 3.8) is 0 Å². The first-order valence-electron chi connectivity index (χ1n) is 6.80. The van der Waals surface area contributed by atoms with Gasteiger partial charge in [0.05, 0.1) is 10.5 Å². The summed E-state index contributed by atoms with van der Waals surface area (Å²) >= 11 is 0. The maximum atomic E-state index is 11.9. The minimum Gasteiger partial charge on any atom is -0.316 e. The van der Waals surface area contributed by atoms with E-state index in [1.165, 1.54) is 5.56 Å². The van der Waals surface area contributed by atoms with Crippen LogP contribution in [0.4, 0.5) is 0 Å². The van der Waals surface area contributed by atoms with Crippen LogP contribution in [0, 0.1) is 0 Å². The average Bonchev–Trinajstić information content (AvgIpc) is 2.33. The van der Waals surface area contributed by atoms with Crippen molar-refractivity contribution in [2.24, 2.45) is 0 Å². The van der Waals surface area contributed by atoms with Crippen molar-refractivity contribution in [2.75, 3.05) is 18.8 Å². The maximum Gasteiger partial charge on any atom is 0.156 e. The van der Waals surface area contributed by atoms with Crippen molar-refractivity contribution in [1.82, 2.24) is 5.32 Å². The zero-order chi connectivity index (χ0) is 14.4. The number of aryl methyl sites for hydroxylation is 1. The number of hydrogen-bond acceptors (Lipinski definition) is 3. The van der Waals surface area contributed by atoms with E-state index in [4.69, 9.17) is 0 Å². The third-order valence-electron chi connectivity index (χ3n) is 3.14. The Morgan fingerprint density at radius 2 is 1.68 bits per heavy atom. The average molecular weight is 283 g/mol. The zero-order valence-electron chi connectivity index (χ0n) is 12.1. The lowest BCUT2D eigenvalue weighted by Crippen LogP contribution is -2.35. The first-order chi connectivity index (χ1) is 8.83. The fraction of sp³-hybridized carbons (Fsp3) is 0.600. The van der Waals surface area contributed by atoms with Crippen LogP contribution in [0.5, 0.6) is 0 Å². The van der Waals surface area contributed by atoms with Crippen molar-refractivity contribution >= 4 is 9.84 Å². The van der Waals surface area contributed by atoms with Crippen molar-refractivity contribution in [3.05, 3.63) is 35.9 Å². The third-order valence-corrected chi connectivity index (χ3v) is 5.75. The Hall–Kier alpha value is -0.870. The van der Waals surface area contributed by atoms with Crippen molar-refractivity contribution < 1.29 is 8.42 Å². The smallest absolute Gasteiger partial charge is 0.156 e. The fourth-order valence-electron chi connectivity index (χ4n) is 1.70. The predicted octanol–water partition coefficient (Wildman–Crippen LogP) is 2.42. The first-order valence-corrected chi connectivity index (χ1v) is 8.45. The summed E-state index contributed by atoms with van der Waals surface area (Å²) in [6.45, 7) is 6.64. The molecular formula is C15H25NO2S. The Morgan fingerprint density at radius 1 is 1.05 bits per heavy atom. The van der Waals surface area contributed by atoms with Crippen LogP contribution < -0.4 is 5.32 Å². The lowest BCUT2D eigenvalue weighted by molar-refractivity contribution is 0.555. The summed E-state index contributed by atoms with van der Waals surface area (Å²) in [5, 5.41) is 3.20. The van der Waals surface area contributed by atoms with Gasteiger partial charge in [-0.1, -0.05) is 30.3 Å². The lowest BCUT2D eigenvalue weighted by atomic mass is 10.1. The zero-order valence-corrected chi connectivity index (χ0v) is 13.0. The summed E-state index contributed by atoms with van der Waals surface area (Å²) in [7, 11) is -3.00. The van der Waals surface area contributed by atoms with Gasteiger partial charge >= 0.3 is 0 Å². The molecule has 4 heteroatoms. The van der Waals surface area contributed by atoms with Crippen LogP contribution in [0.15, 0.2) is 30.3 Å². The van der Waals surface area contributed by atoms with Crippen LogP contribution in [0.25, 0.3) is 0 Å². The first kappa shape index (κ1) is 16.2. The summed E-state index contributed by atoms with van der Waals surface area (Å²) in [5.74, 6) is 0.210. The van der Waals surface area contributed by atoms with Crippen LogP contribution in [-0.2, 0) is 16.3 Å². The quantitative estimate of drug-likeness (QED) is 0.782. The molecule has 1 N–H and O–H groups in total. The molecule has 19 heavy (non-hydrogen) atoms. The Balaban J connectivity index is 2.16. The summed E-state index contributed by atoms with van der Waals surface area (Å²) in [5.41, 5.74) is 1.33. The van der Waals surface area contributed by atoms with E-state index in [9.17, 15) is 8.42 Å². The van der Waals surface area contributed by atoms with Crippen molar-refractivity contribution in [2.45, 2.75) is 38.4 Å². The molecule has 1 rings (SSSR count). The Kier molecular flexibility index (Phi) is 6.01. The SMILES string of the molecule is CC(C)(C)S(=O)(=O)CCNCCCc1ccccc1. The second kappa shape index (κ2) is 7.06. The molecule has 0 aliphatic rings. The highest BCUT2D eigenvalue weighted by Crippen LogP contribution is 2.15. The van der Waals surface area contributed by atoms with E-state index in [0.717, 1.165) is 19.4 Å². The number of benzene rings is 1. The Labute approximate surface area is 117 Å². The molecule has 0 bridgehead atoms. The monoisotopic (exact) mass is 283 g/mol. The highest BCUT2D eigenvalue weighted by Gasteiger charge is 2.27. The van der Waals surface area contributed by atoms with Crippen molar-refractivity contribution in [3.8, 4) is 0 Å². The summed E-state index contributed by atoms with van der Waals surface area (Å²) in [6, 6.07) is 10.3. The molecular weight excluding hydrogens is 258 g/mol. The summed E-state index contributed by atoms with van der Waals surface area (Å²) in [4.78, 5) is 0. The third kappa shape index (κ3) is 5.74. The number of rotatable bonds is 7. The molecule has 108 valence electrons. The van der Waals surface area contributed by atoms with E-state index < -0.39 is 14.6 Å². The van der Waals surface area contributed by atoms with Gasteiger partial charge in [-0.05, 0) is 45.7 Å². The summed E-state index contributed by atoms with van der Waals surface area (Å²) in [6.07, 6.45) is 2.05. The van der Waals surface area contributed by atoms with E-state index in [-0.39, 0.29) is 5.75 Å². The molecule has 0 saturated heterocycles. The highest BCUT2D eigenvalue weighted by molar-refractivity contribution is 7.92. The molecule has 1 aromatic rings. The van der Waals surface area contributed by atoms with Gasteiger partial charge in [-0.15, -0.1) is 0 Å². The van der Waals surface area contributed by atoms with Crippen LogP contribution >= 0.6 is 0 Å². The number of sulfone groups is 1. The van der Waals surface area contributed by atoms with E-state index >= 15 is 0 Å². The van der Waals surface area contributed by atoms with Gasteiger partial charge < -0.3 is 5.32 Å². The molecule has 0 aliphatic heterocycles. The van der Waals surface area contributed by atoms with Crippen LogP contribution in [0.3, 0.4) is 0 Å². The minimum atomic E-state index is -3.00. The van der Waals surface area contributed by atoms with Gasteiger partial charge in [-0.25, -0.2) is 8.42 Å². The predicted molar refractivity (Wildman–Crippen MR) is 81.2 cm³/mol. The largest absolute Gasteiger partial charge is 0.316 e. The molecule has 0 unspecified atom stereocenters. The lowest BCUT2D eigenvalue weighted by Gasteiger charge is -2.19. The molecule has 0 atom stereocenters. The van der Waals surface area contributed by atoms with Crippen molar-refractivity contribution in [1.29, 1.82) is 0 Å². The number of nitrogens with one attached hydrogen (secondary N) is 1. The topological polar surface area (TPSA) is 46.2 Å². The van der Waals surface area contributed by atoms with Gasteiger partial charge in [0.25, 0.3) is 0 Å². The molecule has 0 aliphatic carbocycles. The van der Waals surface area contributed by atoms with Crippen LogP contribution in [-0.4, -0.2) is 32.0 Å². The molecule has 0 amide bonds. The molecule has 0 aromatic heterocycles. The van der Waals surface area contributed by atoms with Gasteiger partial charge in [-0.3, -0.25) is 0 Å². The van der Waals surface area contributed by atoms with Gasteiger partial charge in [0.2, 0.25) is 0 Å². The van der Waals surface area contributed by atoms with E-state index in [2.05, 4.69) is 17.4 Å². The molecule has 1 aromatic carbocycles. The maximum absolute atomic E-state index is 11.9. The number of hydrogen-bond donors (Lipinski definition) is 1. The van der Waals surface area contributed by atoms with Gasteiger partial charge in [-0.2, -0.15) is 0 Å².